The molecule has 0 spiro atoms. The standard InChI is InChI=1S/C14H23N/c1-9(2)10(3)7-11(4)14-12(5)8-13(6)15-14/h7-10,15H,1-6H3/b11-7+. The van der Waals surface area contributed by atoms with Gasteiger partial charge >= 0.3 is 0 Å². The van der Waals surface area contributed by atoms with Crippen molar-refractivity contribution < 1.29 is 0 Å². The number of aromatic nitrogens is 1. The summed E-state index contributed by atoms with van der Waals surface area (Å²) in [5.74, 6) is 1.34. The highest BCUT2D eigenvalue weighted by Gasteiger charge is 2.07. The zero-order valence-corrected chi connectivity index (χ0v) is 10.8. The lowest BCUT2D eigenvalue weighted by Gasteiger charge is -2.12. The molecule has 1 rings (SSSR count). The Morgan fingerprint density at radius 2 is 1.87 bits per heavy atom. The van der Waals surface area contributed by atoms with Gasteiger partial charge in [0.2, 0.25) is 0 Å². The Labute approximate surface area is 93.6 Å². The second kappa shape index (κ2) is 4.69. The van der Waals surface area contributed by atoms with Crippen LogP contribution in [0.3, 0.4) is 0 Å². The molecule has 0 aliphatic heterocycles. The summed E-state index contributed by atoms with van der Waals surface area (Å²) in [7, 11) is 0. The van der Waals surface area contributed by atoms with Gasteiger partial charge in [-0.25, -0.2) is 0 Å². The van der Waals surface area contributed by atoms with E-state index >= 15 is 0 Å². The first kappa shape index (κ1) is 12.1. The van der Waals surface area contributed by atoms with Crippen molar-refractivity contribution >= 4 is 5.57 Å². The van der Waals surface area contributed by atoms with Gasteiger partial charge in [0, 0.05) is 11.4 Å². The van der Waals surface area contributed by atoms with Crippen LogP contribution in [-0.2, 0) is 0 Å². The SMILES string of the molecule is C/C(=C\C(C)C(C)C)c1[nH]c(C)cc1C. The molecule has 1 aromatic rings. The summed E-state index contributed by atoms with van der Waals surface area (Å²) >= 11 is 0. The highest BCUT2D eigenvalue weighted by Crippen LogP contribution is 2.22. The van der Waals surface area contributed by atoms with Crippen LogP contribution in [0.4, 0.5) is 0 Å². The number of aromatic amines is 1. The molecule has 0 radical (unpaired) electrons. The number of rotatable bonds is 3. The average Bonchev–Trinajstić information content (AvgIpc) is 2.44. The molecule has 1 heteroatoms. The van der Waals surface area contributed by atoms with E-state index in [-0.39, 0.29) is 0 Å². The van der Waals surface area contributed by atoms with Gasteiger partial charge in [0.05, 0.1) is 0 Å². The molecule has 0 saturated heterocycles. The van der Waals surface area contributed by atoms with E-state index in [0.717, 1.165) is 0 Å². The Morgan fingerprint density at radius 3 is 2.27 bits per heavy atom. The fraction of sp³-hybridized carbons (Fsp3) is 0.571. The molecule has 0 bridgehead atoms. The zero-order valence-electron chi connectivity index (χ0n) is 10.8. The van der Waals surface area contributed by atoms with Crippen molar-refractivity contribution in [2.75, 3.05) is 0 Å². The van der Waals surface area contributed by atoms with Gasteiger partial charge in [-0.15, -0.1) is 0 Å². The van der Waals surface area contributed by atoms with E-state index in [4.69, 9.17) is 0 Å². The van der Waals surface area contributed by atoms with Gasteiger partial charge in [-0.1, -0.05) is 26.8 Å². The van der Waals surface area contributed by atoms with Crippen molar-refractivity contribution in [2.45, 2.75) is 41.5 Å². The van der Waals surface area contributed by atoms with Gasteiger partial charge in [-0.2, -0.15) is 0 Å². The molecule has 1 N–H and O–H groups in total. The fourth-order valence-corrected chi connectivity index (χ4v) is 1.81. The number of hydrogen-bond acceptors (Lipinski definition) is 0. The molecule has 84 valence electrons. The number of nitrogens with one attached hydrogen (secondary N) is 1. The maximum Gasteiger partial charge on any atom is 0.0438 e. The second-order valence-electron chi connectivity index (χ2n) is 4.96. The minimum Gasteiger partial charge on any atom is -0.359 e. The molecule has 15 heavy (non-hydrogen) atoms. The summed E-state index contributed by atoms with van der Waals surface area (Å²) in [5, 5.41) is 0. The van der Waals surface area contributed by atoms with Crippen LogP contribution < -0.4 is 0 Å². The van der Waals surface area contributed by atoms with Crippen LogP contribution in [0.2, 0.25) is 0 Å². The Balaban J connectivity index is 2.93. The van der Waals surface area contributed by atoms with E-state index in [2.05, 4.69) is 58.7 Å². The third kappa shape index (κ3) is 2.98. The minimum atomic E-state index is 0.632. The van der Waals surface area contributed by atoms with E-state index in [9.17, 15) is 0 Å². The van der Waals surface area contributed by atoms with Gasteiger partial charge in [0.1, 0.15) is 0 Å². The first-order chi connectivity index (χ1) is 6.91. The topological polar surface area (TPSA) is 15.8 Å². The van der Waals surface area contributed by atoms with Crippen molar-refractivity contribution in [3.05, 3.63) is 29.1 Å². The highest BCUT2D eigenvalue weighted by atomic mass is 14.7. The van der Waals surface area contributed by atoms with Crippen LogP contribution in [0.15, 0.2) is 12.1 Å². The largest absolute Gasteiger partial charge is 0.359 e. The normalized spacial score (nSPS) is 14.7. The van der Waals surface area contributed by atoms with Crippen molar-refractivity contribution in [3.8, 4) is 0 Å². The van der Waals surface area contributed by atoms with Gasteiger partial charge in [0.25, 0.3) is 0 Å². The highest BCUT2D eigenvalue weighted by molar-refractivity contribution is 5.64. The van der Waals surface area contributed by atoms with Crippen LogP contribution in [0.25, 0.3) is 5.57 Å². The molecule has 0 saturated carbocycles. The number of hydrogen-bond donors (Lipinski definition) is 1. The molecular weight excluding hydrogens is 182 g/mol. The zero-order chi connectivity index (χ0) is 11.6. The average molecular weight is 205 g/mol. The third-order valence-electron chi connectivity index (χ3n) is 3.11. The van der Waals surface area contributed by atoms with Gasteiger partial charge in [0.15, 0.2) is 0 Å². The summed E-state index contributed by atoms with van der Waals surface area (Å²) in [6, 6.07) is 2.20. The molecular formula is C14H23N. The summed E-state index contributed by atoms with van der Waals surface area (Å²) in [4.78, 5) is 3.42. The number of allylic oxidation sites excluding steroid dienone is 2. The van der Waals surface area contributed by atoms with Crippen LogP contribution >= 0.6 is 0 Å². The van der Waals surface area contributed by atoms with E-state index in [1.807, 2.05) is 0 Å². The van der Waals surface area contributed by atoms with Crippen LogP contribution in [-0.4, -0.2) is 4.98 Å². The van der Waals surface area contributed by atoms with Crippen molar-refractivity contribution in [3.63, 3.8) is 0 Å². The Bertz CT molecular complexity index is 355. The summed E-state index contributed by atoms with van der Waals surface area (Å²) in [6.07, 6.45) is 2.36. The summed E-state index contributed by atoms with van der Waals surface area (Å²) in [5.41, 5.74) is 5.24. The molecule has 0 aromatic carbocycles. The summed E-state index contributed by atoms with van der Waals surface area (Å²) in [6.45, 7) is 13.3. The Morgan fingerprint density at radius 1 is 1.27 bits per heavy atom. The van der Waals surface area contributed by atoms with Crippen molar-refractivity contribution in [1.29, 1.82) is 0 Å². The predicted molar refractivity (Wildman–Crippen MR) is 67.9 cm³/mol. The lowest BCUT2D eigenvalue weighted by Crippen LogP contribution is -2.00. The van der Waals surface area contributed by atoms with Crippen LogP contribution in [0.1, 0.15) is 44.6 Å². The monoisotopic (exact) mass is 205 g/mol. The third-order valence-corrected chi connectivity index (χ3v) is 3.11. The van der Waals surface area contributed by atoms with Crippen molar-refractivity contribution in [1.82, 2.24) is 4.98 Å². The lowest BCUT2D eigenvalue weighted by molar-refractivity contribution is 0.505. The second-order valence-corrected chi connectivity index (χ2v) is 4.96. The molecule has 0 aliphatic carbocycles. The minimum absolute atomic E-state index is 0.632. The maximum atomic E-state index is 3.42. The number of H-pyrrole nitrogens is 1. The fourth-order valence-electron chi connectivity index (χ4n) is 1.81. The Hall–Kier alpha value is -0.980. The molecule has 0 fully saturated rings. The van der Waals surface area contributed by atoms with E-state index in [1.54, 1.807) is 0 Å². The van der Waals surface area contributed by atoms with E-state index in [0.29, 0.717) is 11.8 Å². The number of aryl methyl sites for hydroxylation is 2. The van der Waals surface area contributed by atoms with Crippen molar-refractivity contribution in [2.24, 2.45) is 11.8 Å². The van der Waals surface area contributed by atoms with Crippen LogP contribution in [0.5, 0.6) is 0 Å². The molecule has 0 aliphatic rings. The lowest BCUT2D eigenvalue weighted by atomic mass is 9.94. The van der Waals surface area contributed by atoms with E-state index < -0.39 is 0 Å². The molecule has 1 heterocycles. The van der Waals surface area contributed by atoms with Gasteiger partial charge < -0.3 is 4.98 Å². The molecule has 1 unspecified atom stereocenters. The Kier molecular flexibility index (Phi) is 3.78. The first-order valence-electron chi connectivity index (χ1n) is 5.76. The predicted octanol–water partition coefficient (Wildman–Crippen LogP) is 4.33. The van der Waals surface area contributed by atoms with E-state index in [1.165, 1.54) is 22.5 Å². The molecule has 1 atom stereocenters. The van der Waals surface area contributed by atoms with Crippen LogP contribution in [0, 0.1) is 25.7 Å². The smallest absolute Gasteiger partial charge is 0.0438 e. The summed E-state index contributed by atoms with van der Waals surface area (Å²) < 4.78 is 0. The molecule has 0 amide bonds. The first-order valence-corrected chi connectivity index (χ1v) is 5.76. The molecule has 1 nitrogen and oxygen atoms in total. The molecule has 1 aromatic heterocycles. The quantitative estimate of drug-likeness (QED) is 0.756. The maximum absolute atomic E-state index is 3.42. The van der Waals surface area contributed by atoms with Gasteiger partial charge in [-0.05, 0) is 49.8 Å². The van der Waals surface area contributed by atoms with Gasteiger partial charge in [-0.3, -0.25) is 0 Å².